The van der Waals surface area contributed by atoms with Gasteiger partial charge < -0.3 is 0 Å². The summed E-state index contributed by atoms with van der Waals surface area (Å²) in [6.07, 6.45) is -10.2. The standard InChI is InChI=1S/C14H7F6NO2/c15-13(16,17)9-6-10(8-4-2-1-3-5-8)12(14(18,19)20)11(7-9)21(22)23/h1-7H. The Bertz CT molecular complexity index is 737. The molecule has 0 atom stereocenters. The van der Waals surface area contributed by atoms with Crippen molar-refractivity contribution >= 4 is 5.69 Å². The number of hydrogen-bond donors (Lipinski definition) is 0. The summed E-state index contributed by atoms with van der Waals surface area (Å²) in [4.78, 5) is 9.40. The largest absolute Gasteiger partial charge is 0.423 e. The van der Waals surface area contributed by atoms with E-state index in [1.165, 1.54) is 18.2 Å². The predicted octanol–water partition coefficient (Wildman–Crippen LogP) is 5.30. The molecule has 3 nitrogen and oxygen atoms in total. The summed E-state index contributed by atoms with van der Waals surface area (Å²) < 4.78 is 78.1. The van der Waals surface area contributed by atoms with Gasteiger partial charge in [-0.1, -0.05) is 30.3 Å². The monoisotopic (exact) mass is 335 g/mol. The summed E-state index contributed by atoms with van der Waals surface area (Å²) in [6.45, 7) is 0. The molecule has 0 bridgehead atoms. The minimum atomic E-state index is -5.18. The third-order valence-corrected chi connectivity index (χ3v) is 3.01. The lowest BCUT2D eigenvalue weighted by Crippen LogP contribution is -2.14. The number of halogens is 6. The maximum absolute atomic E-state index is 13.2. The van der Waals surface area contributed by atoms with Crippen molar-refractivity contribution in [3.63, 3.8) is 0 Å². The molecular weight excluding hydrogens is 328 g/mol. The van der Waals surface area contributed by atoms with Gasteiger partial charge >= 0.3 is 12.4 Å². The molecule has 9 heteroatoms. The molecule has 0 aliphatic heterocycles. The Morgan fingerprint density at radius 1 is 0.870 bits per heavy atom. The van der Waals surface area contributed by atoms with Gasteiger partial charge in [-0.2, -0.15) is 26.3 Å². The molecule has 0 saturated carbocycles. The van der Waals surface area contributed by atoms with Crippen molar-refractivity contribution in [3.8, 4) is 11.1 Å². The molecule has 122 valence electrons. The topological polar surface area (TPSA) is 43.1 Å². The van der Waals surface area contributed by atoms with E-state index in [9.17, 15) is 36.5 Å². The Morgan fingerprint density at radius 3 is 1.87 bits per heavy atom. The van der Waals surface area contributed by atoms with Crippen molar-refractivity contribution < 1.29 is 31.3 Å². The molecule has 0 aliphatic rings. The molecule has 0 spiro atoms. The van der Waals surface area contributed by atoms with Gasteiger partial charge in [0.05, 0.1) is 10.5 Å². The molecule has 0 N–H and O–H groups in total. The molecule has 0 unspecified atom stereocenters. The normalized spacial score (nSPS) is 12.3. The highest BCUT2D eigenvalue weighted by molar-refractivity contribution is 5.73. The summed E-state index contributed by atoms with van der Waals surface area (Å²) in [7, 11) is 0. The Labute approximate surface area is 125 Å². The number of hydrogen-bond acceptors (Lipinski definition) is 2. The summed E-state index contributed by atoms with van der Waals surface area (Å²) >= 11 is 0. The minimum Gasteiger partial charge on any atom is -0.258 e. The summed E-state index contributed by atoms with van der Waals surface area (Å²) in [5.41, 5.74) is -5.95. The lowest BCUT2D eigenvalue weighted by Gasteiger charge is -2.16. The fourth-order valence-electron chi connectivity index (χ4n) is 2.08. The van der Waals surface area contributed by atoms with Gasteiger partial charge in [-0.05, 0) is 11.6 Å². The van der Waals surface area contributed by atoms with E-state index in [1.54, 1.807) is 0 Å². The minimum absolute atomic E-state index is 0.102. The predicted molar refractivity (Wildman–Crippen MR) is 68.5 cm³/mol. The van der Waals surface area contributed by atoms with Crippen LogP contribution in [0.2, 0.25) is 0 Å². The van der Waals surface area contributed by atoms with Gasteiger partial charge in [-0.25, -0.2) is 0 Å². The van der Waals surface area contributed by atoms with Crippen molar-refractivity contribution in [1.82, 2.24) is 0 Å². The van der Waals surface area contributed by atoms with E-state index in [0.29, 0.717) is 0 Å². The summed E-state index contributed by atoms with van der Waals surface area (Å²) in [5, 5.41) is 10.9. The smallest absolute Gasteiger partial charge is 0.258 e. The van der Waals surface area contributed by atoms with Gasteiger partial charge in [-0.3, -0.25) is 10.1 Å². The quantitative estimate of drug-likeness (QED) is 0.425. The average molecular weight is 335 g/mol. The number of nitrogens with zero attached hydrogens (tertiary/aromatic N) is 1. The first-order valence-corrected chi connectivity index (χ1v) is 6.04. The molecule has 0 fully saturated rings. The van der Waals surface area contributed by atoms with E-state index in [4.69, 9.17) is 0 Å². The zero-order valence-electron chi connectivity index (χ0n) is 11.1. The zero-order chi connectivity index (χ0) is 17.4. The van der Waals surface area contributed by atoms with Crippen LogP contribution in [0, 0.1) is 10.1 Å². The third-order valence-electron chi connectivity index (χ3n) is 3.01. The van der Waals surface area contributed by atoms with Crippen molar-refractivity contribution in [2.45, 2.75) is 12.4 Å². The van der Waals surface area contributed by atoms with Crippen LogP contribution >= 0.6 is 0 Å². The summed E-state index contributed by atoms with van der Waals surface area (Å²) in [5.74, 6) is 0. The first kappa shape index (κ1) is 16.8. The van der Waals surface area contributed by atoms with Crippen molar-refractivity contribution in [2.24, 2.45) is 0 Å². The Balaban J connectivity index is 2.91. The fourth-order valence-corrected chi connectivity index (χ4v) is 2.08. The van der Waals surface area contributed by atoms with Gasteiger partial charge in [0.1, 0.15) is 5.56 Å². The van der Waals surface area contributed by atoms with E-state index < -0.39 is 39.7 Å². The lowest BCUT2D eigenvalue weighted by atomic mass is 9.95. The van der Waals surface area contributed by atoms with Gasteiger partial charge in [0.2, 0.25) is 0 Å². The maximum Gasteiger partial charge on any atom is 0.423 e. The average Bonchev–Trinajstić information content (AvgIpc) is 2.44. The molecule has 2 aromatic carbocycles. The van der Waals surface area contributed by atoms with Crippen LogP contribution in [-0.2, 0) is 12.4 Å². The van der Waals surface area contributed by atoms with Gasteiger partial charge in [0.15, 0.2) is 0 Å². The van der Waals surface area contributed by atoms with Crippen LogP contribution in [0.5, 0.6) is 0 Å². The molecular formula is C14H7F6NO2. The third kappa shape index (κ3) is 3.43. The highest BCUT2D eigenvalue weighted by atomic mass is 19.4. The van der Waals surface area contributed by atoms with Crippen LogP contribution in [0.25, 0.3) is 11.1 Å². The van der Waals surface area contributed by atoms with Gasteiger partial charge in [0.25, 0.3) is 5.69 Å². The van der Waals surface area contributed by atoms with Gasteiger partial charge in [-0.15, -0.1) is 0 Å². The first-order chi connectivity index (χ1) is 10.5. The van der Waals surface area contributed by atoms with E-state index >= 15 is 0 Å². The molecule has 0 amide bonds. The van der Waals surface area contributed by atoms with Crippen molar-refractivity contribution in [3.05, 3.63) is 63.7 Å². The maximum atomic E-state index is 13.2. The van der Waals surface area contributed by atoms with Gasteiger partial charge in [0, 0.05) is 11.6 Å². The zero-order valence-corrected chi connectivity index (χ0v) is 11.1. The first-order valence-electron chi connectivity index (χ1n) is 6.04. The SMILES string of the molecule is O=[N+]([O-])c1cc(C(F)(F)F)cc(-c2ccccc2)c1C(F)(F)F. The van der Waals surface area contributed by atoms with Crippen LogP contribution < -0.4 is 0 Å². The molecule has 2 aromatic rings. The van der Waals surface area contributed by atoms with Crippen molar-refractivity contribution in [2.75, 3.05) is 0 Å². The fraction of sp³-hybridized carbons (Fsp3) is 0.143. The van der Waals surface area contributed by atoms with E-state index in [-0.39, 0.29) is 17.7 Å². The van der Waals surface area contributed by atoms with E-state index in [0.717, 1.165) is 12.1 Å². The second kappa shape index (κ2) is 5.56. The van der Waals surface area contributed by atoms with E-state index in [1.807, 2.05) is 0 Å². The molecule has 0 heterocycles. The molecule has 0 aromatic heterocycles. The highest BCUT2D eigenvalue weighted by Gasteiger charge is 2.44. The second-order valence-corrected chi connectivity index (χ2v) is 4.54. The van der Waals surface area contributed by atoms with Crippen LogP contribution in [0.4, 0.5) is 32.0 Å². The van der Waals surface area contributed by atoms with Crippen LogP contribution in [0.15, 0.2) is 42.5 Å². The summed E-state index contributed by atoms with van der Waals surface area (Å²) in [6, 6.07) is 6.56. The van der Waals surface area contributed by atoms with E-state index in [2.05, 4.69) is 0 Å². The number of alkyl halides is 6. The molecule has 0 aliphatic carbocycles. The molecule has 23 heavy (non-hydrogen) atoms. The molecule has 0 saturated heterocycles. The van der Waals surface area contributed by atoms with Crippen LogP contribution in [0.3, 0.4) is 0 Å². The second-order valence-electron chi connectivity index (χ2n) is 4.54. The number of nitro benzene ring substituents is 1. The molecule has 2 rings (SSSR count). The number of benzene rings is 2. The Hall–Kier alpha value is -2.58. The highest BCUT2D eigenvalue weighted by Crippen LogP contribution is 2.45. The van der Waals surface area contributed by atoms with Crippen LogP contribution in [-0.4, -0.2) is 4.92 Å². The van der Waals surface area contributed by atoms with Crippen LogP contribution in [0.1, 0.15) is 11.1 Å². The lowest BCUT2D eigenvalue weighted by molar-refractivity contribution is -0.388. The number of rotatable bonds is 2. The van der Waals surface area contributed by atoms with Crippen molar-refractivity contribution in [1.29, 1.82) is 0 Å². The number of nitro groups is 1. The Kier molecular flexibility index (Phi) is 4.06. The Morgan fingerprint density at radius 2 is 1.43 bits per heavy atom. The molecule has 0 radical (unpaired) electrons.